The quantitative estimate of drug-likeness (QED) is 0.194. The smallest absolute Gasteiger partial charge is 0.0900 e. The van der Waals surface area contributed by atoms with Gasteiger partial charge in [0.2, 0.25) is 0 Å². The highest BCUT2D eigenvalue weighted by atomic mass is 14.8. The Morgan fingerprint density at radius 1 is 0.345 bits per heavy atom. The minimum absolute atomic E-state index is 0.0642. The maximum atomic E-state index is 5.56. The summed E-state index contributed by atoms with van der Waals surface area (Å²) < 4.78 is 0. The second-order valence-electron chi connectivity index (χ2n) is 18.6. The molecule has 0 fully saturated rings. The van der Waals surface area contributed by atoms with Crippen molar-refractivity contribution < 1.29 is 0 Å². The van der Waals surface area contributed by atoms with E-state index in [9.17, 15) is 0 Å². The van der Waals surface area contributed by atoms with Gasteiger partial charge in [0.15, 0.2) is 0 Å². The molecule has 0 radical (unpaired) electrons. The summed E-state index contributed by atoms with van der Waals surface area (Å²) in [5, 5.41) is 2.47. The number of benzene rings is 5. The maximum absolute atomic E-state index is 5.56. The van der Waals surface area contributed by atoms with Gasteiger partial charge in [0.25, 0.3) is 0 Å². The standard InChI is InChI=1S/C52H49N3/c1-50(2,3)37-21-35-20-36(22-37)44-23-33(31-16-12-10-13-17-31)25-46(53-44)47-26-34(32-18-14-11-15-19-32)24-45(54-47)43-30-39(52(7,8)9)29-42-41-28-38(51(4,5)6)27-40(35)48(41)55-49(42)43/h10-30,55H,1-9H3. The minimum atomic E-state index is -0.0908. The van der Waals surface area contributed by atoms with Crippen molar-refractivity contribution in [2.24, 2.45) is 0 Å². The van der Waals surface area contributed by atoms with Crippen molar-refractivity contribution in [3.05, 3.63) is 144 Å². The molecule has 4 heterocycles. The van der Waals surface area contributed by atoms with Gasteiger partial charge in [-0.3, -0.25) is 0 Å². The number of H-pyrrole nitrogens is 1. The number of rotatable bonds is 2. The highest BCUT2D eigenvalue weighted by Crippen LogP contribution is 2.45. The van der Waals surface area contributed by atoms with Crippen LogP contribution in [-0.4, -0.2) is 15.0 Å². The zero-order valence-corrected chi connectivity index (χ0v) is 33.5. The summed E-state index contributed by atoms with van der Waals surface area (Å²) in [6, 6.07) is 47.0. The third-order valence-electron chi connectivity index (χ3n) is 11.4. The van der Waals surface area contributed by atoms with Gasteiger partial charge >= 0.3 is 0 Å². The first-order valence-electron chi connectivity index (χ1n) is 19.6. The Morgan fingerprint density at radius 3 is 1.29 bits per heavy atom. The number of fused-ring (bicyclic) bond motifs is 11. The monoisotopic (exact) mass is 715 g/mol. The number of aromatic amines is 1. The van der Waals surface area contributed by atoms with Crippen molar-refractivity contribution in [1.82, 2.24) is 15.0 Å². The normalized spacial score (nSPS) is 12.8. The second-order valence-corrected chi connectivity index (χ2v) is 18.6. The zero-order valence-electron chi connectivity index (χ0n) is 33.5. The van der Waals surface area contributed by atoms with E-state index in [0.29, 0.717) is 0 Å². The van der Waals surface area contributed by atoms with E-state index in [2.05, 4.69) is 195 Å². The van der Waals surface area contributed by atoms with Gasteiger partial charge in [0.1, 0.15) is 0 Å². The maximum Gasteiger partial charge on any atom is 0.0900 e. The zero-order chi connectivity index (χ0) is 38.4. The highest BCUT2D eigenvalue weighted by Gasteiger charge is 2.26. The van der Waals surface area contributed by atoms with Crippen molar-refractivity contribution in [3.8, 4) is 67.3 Å². The van der Waals surface area contributed by atoms with Crippen LogP contribution in [0.25, 0.3) is 89.1 Å². The Morgan fingerprint density at radius 2 is 0.764 bits per heavy atom. The summed E-state index contributed by atoms with van der Waals surface area (Å²) in [6.07, 6.45) is 0. The van der Waals surface area contributed by atoms with Gasteiger partial charge in [0.05, 0.1) is 33.8 Å². The molecule has 3 heteroatoms. The second kappa shape index (κ2) is 12.4. The Kier molecular flexibility index (Phi) is 7.85. The van der Waals surface area contributed by atoms with Gasteiger partial charge in [-0.1, -0.05) is 129 Å². The Balaban J connectivity index is 1.51. The van der Waals surface area contributed by atoms with Gasteiger partial charge < -0.3 is 4.98 Å². The van der Waals surface area contributed by atoms with Crippen LogP contribution in [-0.2, 0) is 16.2 Å². The van der Waals surface area contributed by atoms with Crippen molar-refractivity contribution in [1.29, 1.82) is 0 Å². The SMILES string of the molecule is CC(C)(C)c1cc2cc(c1)-c1cc(C(C)(C)C)cc3c1[nH]c1c(cc(C(C)(C)C)cc13)-c1cc(-c3ccccc3)cc(n1)-c1cc(-c3ccccc3)cc-2n1. The fourth-order valence-electron chi connectivity index (χ4n) is 7.97. The van der Waals surface area contributed by atoms with E-state index in [1.165, 1.54) is 38.6 Å². The molecule has 9 rings (SSSR count). The first-order valence-corrected chi connectivity index (χ1v) is 19.6. The topological polar surface area (TPSA) is 41.6 Å². The molecule has 5 aromatic carbocycles. The van der Waals surface area contributed by atoms with E-state index in [0.717, 1.165) is 67.2 Å². The Hall–Kier alpha value is -5.80. The van der Waals surface area contributed by atoms with Crippen molar-refractivity contribution in [2.45, 2.75) is 78.6 Å². The number of aromatic nitrogens is 3. The largest absolute Gasteiger partial charge is 0.353 e. The molecule has 0 saturated carbocycles. The number of pyridine rings is 2. The molecule has 1 N–H and O–H groups in total. The van der Waals surface area contributed by atoms with Crippen LogP contribution in [0.5, 0.6) is 0 Å². The molecule has 3 aromatic heterocycles. The lowest BCUT2D eigenvalue weighted by Crippen LogP contribution is -2.12. The molecule has 1 aliphatic heterocycles. The lowest BCUT2D eigenvalue weighted by Gasteiger charge is -2.24. The molecule has 0 aliphatic carbocycles. The first-order chi connectivity index (χ1) is 26.1. The molecule has 0 unspecified atom stereocenters. The summed E-state index contributed by atoms with van der Waals surface area (Å²) in [4.78, 5) is 15.1. The van der Waals surface area contributed by atoms with E-state index >= 15 is 0 Å². The lowest BCUT2D eigenvalue weighted by atomic mass is 9.81. The predicted octanol–water partition coefficient (Wildman–Crippen LogP) is 14.3. The van der Waals surface area contributed by atoms with Crippen molar-refractivity contribution in [2.75, 3.05) is 0 Å². The van der Waals surface area contributed by atoms with Crippen LogP contribution < -0.4 is 0 Å². The summed E-state index contributed by atoms with van der Waals surface area (Å²) in [6.45, 7) is 20.8. The van der Waals surface area contributed by atoms with Gasteiger partial charge in [-0.25, -0.2) is 9.97 Å². The molecule has 272 valence electrons. The molecule has 8 bridgehead atoms. The Labute approximate surface area is 325 Å². The molecule has 3 nitrogen and oxygen atoms in total. The summed E-state index contributed by atoms with van der Waals surface area (Å²) in [7, 11) is 0. The summed E-state index contributed by atoms with van der Waals surface area (Å²) >= 11 is 0. The van der Waals surface area contributed by atoms with E-state index in [1.807, 2.05) is 0 Å². The van der Waals surface area contributed by atoms with Crippen LogP contribution in [0.1, 0.15) is 79.0 Å². The molecule has 0 saturated heterocycles. The van der Waals surface area contributed by atoms with Crippen LogP contribution in [0.4, 0.5) is 0 Å². The molecular weight excluding hydrogens is 667 g/mol. The van der Waals surface area contributed by atoms with E-state index in [1.54, 1.807) is 0 Å². The molecule has 55 heavy (non-hydrogen) atoms. The van der Waals surface area contributed by atoms with Crippen LogP contribution in [0, 0.1) is 0 Å². The Bertz CT molecular complexity index is 2780. The van der Waals surface area contributed by atoms with Gasteiger partial charge in [-0.05, 0) is 121 Å². The summed E-state index contributed by atoms with van der Waals surface area (Å²) in [5.74, 6) is 0. The fraction of sp³-hybridized carbons (Fsp3) is 0.231. The molecule has 0 spiro atoms. The third-order valence-corrected chi connectivity index (χ3v) is 11.4. The average molecular weight is 716 g/mol. The summed E-state index contributed by atoms with van der Waals surface area (Å²) in [5.41, 5.74) is 18.5. The molecular formula is C52H49N3. The van der Waals surface area contributed by atoms with Crippen LogP contribution in [0.3, 0.4) is 0 Å². The van der Waals surface area contributed by atoms with E-state index < -0.39 is 0 Å². The average Bonchev–Trinajstić information content (AvgIpc) is 3.55. The van der Waals surface area contributed by atoms with Crippen molar-refractivity contribution >= 4 is 21.8 Å². The van der Waals surface area contributed by atoms with Crippen LogP contribution in [0.2, 0.25) is 0 Å². The van der Waals surface area contributed by atoms with Gasteiger partial charge in [-0.15, -0.1) is 0 Å². The fourth-order valence-corrected chi connectivity index (χ4v) is 7.97. The minimum Gasteiger partial charge on any atom is -0.353 e. The molecule has 8 aromatic rings. The lowest BCUT2D eigenvalue weighted by molar-refractivity contribution is 0.590. The van der Waals surface area contributed by atoms with Gasteiger partial charge in [-0.2, -0.15) is 0 Å². The number of nitrogens with zero attached hydrogens (tertiary/aromatic N) is 2. The molecule has 1 aliphatic rings. The number of nitrogens with one attached hydrogen (secondary N) is 1. The third kappa shape index (κ3) is 6.26. The van der Waals surface area contributed by atoms with E-state index in [4.69, 9.17) is 9.97 Å². The van der Waals surface area contributed by atoms with Crippen LogP contribution in [0.15, 0.2) is 127 Å². The predicted molar refractivity (Wildman–Crippen MR) is 234 cm³/mol. The highest BCUT2D eigenvalue weighted by molar-refractivity contribution is 6.16. The van der Waals surface area contributed by atoms with Crippen LogP contribution >= 0.6 is 0 Å². The number of hydrogen-bond acceptors (Lipinski definition) is 2. The first kappa shape index (κ1) is 34.9. The molecule has 0 atom stereocenters. The number of hydrogen-bond donors (Lipinski definition) is 1. The van der Waals surface area contributed by atoms with Crippen molar-refractivity contribution in [3.63, 3.8) is 0 Å². The van der Waals surface area contributed by atoms with E-state index in [-0.39, 0.29) is 16.2 Å². The molecule has 0 amide bonds. The van der Waals surface area contributed by atoms with Gasteiger partial charge in [0, 0.05) is 27.5 Å².